The Morgan fingerprint density at radius 2 is 1.02 bits per heavy atom. The number of unbranched alkanes of at least 4 members (excludes halogenated alkanes) is 2. The molecule has 0 atom stereocenters. The molecule has 0 bridgehead atoms. The molecule has 18 heteroatoms. The third kappa shape index (κ3) is 11.2. The van der Waals surface area contributed by atoms with Crippen molar-refractivity contribution in [2.75, 3.05) is 24.0 Å². The summed E-state index contributed by atoms with van der Waals surface area (Å²) in [5, 5.41) is -0.824. The fraction of sp³-hybridized carbons (Fsp3) is 0.444. The SMILES string of the molecule is CCCCS(=O)(=O)c1cc(C)c(C(=O)Cl)cc1S(C)(=O)=O.CCCCS(=O)(=O)c1cc(C)c(C(=O)N=C(N)N)cc1S(C)(=O)=O. The van der Waals surface area contributed by atoms with Gasteiger partial charge in [0.2, 0.25) is 0 Å². The second-order valence-corrected chi connectivity index (χ2v) is 18.7. The van der Waals surface area contributed by atoms with Gasteiger partial charge < -0.3 is 11.5 Å². The fourth-order valence-electron chi connectivity index (χ4n) is 3.90. The Morgan fingerprint density at radius 1 is 0.667 bits per heavy atom. The van der Waals surface area contributed by atoms with Gasteiger partial charge in [-0.25, -0.2) is 33.7 Å². The number of carbonyl (C=O) groups excluding carboxylic acids is 2. The van der Waals surface area contributed by atoms with Gasteiger partial charge in [0.25, 0.3) is 11.1 Å². The highest BCUT2D eigenvalue weighted by atomic mass is 35.5. The average Bonchev–Trinajstić information content (AvgIpc) is 2.88. The number of hydrogen-bond donors (Lipinski definition) is 2. The number of guanidine groups is 1. The molecule has 0 saturated heterocycles. The Kier molecular flexibility index (Phi) is 13.9. The van der Waals surface area contributed by atoms with Crippen molar-refractivity contribution < 1.29 is 43.3 Å². The van der Waals surface area contributed by atoms with Crippen molar-refractivity contribution in [3.63, 3.8) is 0 Å². The smallest absolute Gasteiger partial charge is 0.280 e. The van der Waals surface area contributed by atoms with Crippen molar-refractivity contribution in [2.45, 2.75) is 73.0 Å². The Hall–Kier alpha value is -2.86. The number of sulfone groups is 4. The standard InChI is InChI=1S/C14H21N3O5S2.C13H17ClO5S2/c1-4-5-6-24(21,22)12-7-9(2)10(13(18)17-14(15)16)8-11(12)23(3,19)20;1-4-5-6-21(18,19)12-7-9(2)10(13(14)15)8-11(12)20(3,16)17/h7-8H,4-6H2,1-3H3,(H4,15,16,17,18);7-8H,4-6H2,1-3H3. The summed E-state index contributed by atoms with van der Waals surface area (Å²) in [4.78, 5) is 25.3. The molecule has 0 heterocycles. The van der Waals surface area contributed by atoms with E-state index in [2.05, 4.69) is 4.99 Å². The maximum absolute atomic E-state index is 12.5. The van der Waals surface area contributed by atoms with E-state index in [-0.39, 0.29) is 42.9 Å². The summed E-state index contributed by atoms with van der Waals surface area (Å²) < 4.78 is 97.3. The van der Waals surface area contributed by atoms with Crippen molar-refractivity contribution in [1.82, 2.24) is 0 Å². The quantitative estimate of drug-likeness (QED) is 0.182. The highest BCUT2D eigenvalue weighted by Gasteiger charge is 2.28. The number of nitrogens with zero attached hydrogens (tertiary/aromatic N) is 1. The van der Waals surface area contributed by atoms with Crippen LogP contribution in [-0.2, 0) is 39.3 Å². The molecule has 2 aromatic carbocycles. The van der Waals surface area contributed by atoms with Crippen LogP contribution in [0.2, 0.25) is 0 Å². The minimum atomic E-state index is -3.89. The van der Waals surface area contributed by atoms with Crippen LogP contribution in [0.15, 0.2) is 48.8 Å². The van der Waals surface area contributed by atoms with Crippen LogP contribution >= 0.6 is 11.6 Å². The number of nitrogens with two attached hydrogens (primary N) is 2. The second kappa shape index (κ2) is 15.6. The first-order valence-electron chi connectivity index (χ1n) is 13.4. The molecule has 0 aliphatic carbocycles. The number of carbonyl (C=O) groups is 2. The maximum Gasteiger partial charge on any atom is 0.280 e. The molecule has 252 valence electrons. The van der Waals surface area contributed by atoms with Gasteiger partial charge in [0.05, 0.1) is 31.1 Å². The molecule has 1 amide bonds. The Morgan fingerprint density at radius 3 is 1.33 bits per heavy atom. The van der Waals surface area contributed by atoms with E-state index in [0.29, 0.717) is 31.2 Å². The van der Waals surface area contributed by atoms with Gasteiger partial charge in [-0.05, 0) is 73.7 Å². The first-order chi connectivity index (χ1) is 20.4. The molecule has 2 aromatic rings. The van der Waals surface area contributed by atoms with Crippen molar-refractivity contribution in [3.8, 4) is 0 Å². The van der Waals surface area contributed by atoms with E-state index in [0.717, 1.165) is 24.6 Å². The number of halogens is 1. The van der Waals surface area contributed by atoms with Gasteiger partial charge in [0, 0.05) is 23.6 Å². The minimum Gasteiger partial charge on any atom is -0.370 e. The number of amides is 1. The van der Waals surface area contributed by atoms with Crippen molar-refractivity contribution in [3.05, 3.63) is 46.5 Å². The zero-order valence-electron chi connectivity index (χ0n) is 25.7. The second-order valence-electron chi connectivity index (χ2n) is 10.2. The molecular formula is C27H38ClN3O10S4. The van der Waals surface area contributed by atoms with E-state index in [1.54, 1.807) is 0 Å². The van der Waals surface area contributed by atoms with Gasteiger partial charge in [0.1, 0.15) is 0 Å². The van der Waals surface area contributed by atoms with E-state index in [9.17, 15) is 43.3 Å². The maximum atomic E-state index is 12.5. The molecule has 0 unspecified atom stereocenters. The normalized spacial score (nSPS) is 12.2. The largest absolute Gasteiger partial charge is 0.370 e. The number of aliphatic imine (C=N–C) groups is 1. The van der Waals surface area contributed by atoms with E-state index < -0.39 is 61.4 Å². The lowest BCUT2D eigenvalue weighted by Crippen LogP contribution is -2.24. The predicted octanol–water partition coefficient (Wildman–Crippen LogP) is 2.74. The predicted molar refractivity (Wildman–Crippen MR) is 173 cm³/mol. The number of aryl methyl sites for hydroxylation is 2. The number of rotatable bonds is 12. The molecular weight excluding hydrogens is 690 g/mol. The summed E-state index contributed by atoms with van der Waals surface area (Å²) in [6.07, 6.45) is 3.93. The molecule has 2 rings (SSSR count). The average molecular weight is 728 g/mol. The molecule has 45 heavy (non-hydrogen) atoms. The number of hydrogen-bond acceptors (Lipinski definition) is 10. The molecule has 0 saturated carbocycles. The molecule has 0 fully saturated rings. The molecule has 0 aliphatic heterocycles. The third-order valence-electron chi connectivity index (χ3n) is 6.26. The van der Waals surface area contributed by atoms with Crippen LogP contribution in [-0.4, -0.2) is 74.8 Å². The Labute approximate surface area is 270 Å². The zero-order chi connectivity index (χ0) is 35.1. The minimum absolute atomic E-state index is 0.00784. The van der Waals surface area contributed by atoms with Gasteiger partial charge >= 0.3 is 0 Å². The van der Waals surface area contributed by atoms with Gasteiger partial charge in [0.15, 0.2) is 45.3 Å². The van der Waals surface area contributed by atoms with Crippen LogP contribution in [0.25, 0.3) is 0 Å². The van der Waals surface area contributed by atoms with Crippen LogP contribution in [0, 0.1) is 13.8 Å². The lowest BCUT2D eigenvalue weighted by atomic mass is 10.1. The summed E-state index contributed by atoms with van der Waals surface area (Å²) in [6, 6.07) is 4.44. The van der Waals surface area contributed by atoms with Gasteiger partial charge in [-0.15, -0.1) is 0 Å². The van der Waals surface area contributed by atoms with Crippen molar-refractivity contribution in [1.29, 1.82) is 0 Å². The first kappa shape index (κ1) is 40.2. The first-order valence-corrected chi connectivity index (χ1v) is 20.9. The lowest BCUT2D eigenvalue weighted by Gasteiger charge is -2.12. The van der Waals surface area contributed by atoms with Crippen LogP contribution < -0.4 is 11.5 Å². The summed E-state index contributed by atoms with van der Waals surface area (Å²) >= 11 is 5.40. The summed E-state index contributed by atoms with van der Waals surface area (Å²) in [6.45, 7) is 6.67. The Balaban J connectivity index is 0.000000454. The topological polar surface area (TPSA) is 235 Å². The lowest BCUT2D eigenvalue weighted by molar-refractivity contribution is 0.100. The van der Waals surface area contributed by atoms with E-state index in [1.165, 1.54) is 26.0 Å². The molecule has 13 nitrogen and oxygen atoms in total. The van der Waals surface area contributed by atoms with E-state index >= 15 is 0 Å². The van der Waals surface area contributed by atoms with E-state index in [1.807, 2.05) is 13.8 Å². The fourth-order valence-corrected chi connectivity index (χ4v) is 10.5. The summed E-state index contributed by atoms with van der Waals surface area (Å²) in [5.74, 6) is -1.62. The molecule has 0 radical (unpaired) electrons. The van der Waals surface area contributed by atoms with Gasteiger partial charge in [-0.3, -0.25) is 9.59 Å². The van der Waals surface area contributed by atoms with Gasteiger partial charge in [-0.1, -0.05) is 26.7 Å². The van der Waals surface area contributed by atoms with Crippen molar-refractivity contribution in [2.24, 2.45) is 16.5 Å². The molecule has 4 N–H and O–H groups in total. The highest BCUT2D eigenvalue weighted by Crippen LogP contribution is 2.29. The van der Waals surface area contributed by atoms with Crippen LogP contribution in [0.1, 0.15) is 71.4 Å². The molecule has 0 spiro atoms. The Bertz CT molecular complexity index is 1930. The summed E-state index contributed by atoms with van der Waals surface area (Å²) in [7, 11) is -15.2. The van der Waals surface area contributed by atoms with Crippen LogP contribution in [0.3, 0.4) is 0 Å². The molecule has 0 aromatic heterocycles. The number of benzene rings is 2. The van der Waals surface area contributed by atoms with Crippen LogP contribution in [0.5, 0.6) is 0 Å². The highest BCUT2D eigenvalue weighted by molar-refractivity contribution is 7.94. The monoisotopic (exact) mass is 727 g/mol. The summed E-state index contributed by atoms with van der Waals surface area (Å²) in [5.41, 5.74) is 10.8. The zero-order valence-corrected chi connectivity index (χ0v) is 29.8. The van der Waals surface area contributed by atoms with E-state index in [4.69, 9.17) is 23.1 Å². The van der Waals surface area contributed by atoms with Gasteiger partial charge in [-0.2, -0.15) is 4.99 Å². The molecule has 0 aliphatic rings. The van der Waals surface area contributed by atoms with Crippen LogP contribution in [0.4, 0.5) is 0 Å². The third-order valence-corrected chi connectivity index (χ3v) is 12.7. The van der Waals surface area contributed by atoms with Crippen molar-refractivity contribution >= 4 is 68.1 Å².